The first-order chi connectivity index (χ1) is 23.5. The standard InChI is InChI=1S/C40H20N4O4/c41-17-25-11-12-29-35-28(20-44)16-32(40(46)48-22-24-9-5-2-6-10-24)36-27(19-43)15-26(18-42)34(38(35)36)30-13-14-31(33(25)37(29)30)39(45)47-21-23-7-3-1-4-8-23/h1-16H,21-22H2. The highest BCUT2D eigenvalue weighted by molar-refractivity contribution is 6.38. The van der Waals surface area contributed by atoms with Gasteiger partial charge in [0.25, 0.3) is 0 Å². The van der Waals surface area contributed by atoms with Gasteiger partial charge in [0.15, 0.2) is 0 Å². The normalized spacial score (nSPS) is 10.8. The van der Waals surface area contributed by atoms with E-state index < -0.39 is 11.9 Å². The van der Waals surface area contributed by atoms with Gasteiger partial charge < -0.3 is 9.47 Å². The number of hydrogen-bond donors (Lipinski definition) is 0. The predicted molar refractivity (Wildman–Crippen MR) is 178 cm³/mol. The molecule has 0 spiro atoms. The summed E-state index contributed by atoms with van der Waals surface area (Å²) in [6.07, 6.45) is 0. The van der Waals surface area contributed by atoms with Crippen molar-refractivity contribution in [1.29, 1.82) is 21.0 Å². The number of fused-ring (bicyclic) bond motifs is 2. The Balaban J connectivity index is 1.54. The van der Waals surface area contributed by atoms with Gasteiger partial charge in [0.05, 0.1) is 57.7 Å². The first kappa shape index (κ1) is 29.5. The Morgan fingerprint density at radius 2 is 0.917 bits per heavy atom. The lowest BCUT2D eigenvalue weighted by molar-refractivity contribution is 0.0466. The minimum atomic E-state index is -0.735. The highest BCUT2D eigenvalue weighted by Crippen LogP contribution is 2.46. The smallest absolute Gasteiger partial charge is 0.339 e. The molecular weight excluding hydrogens is 600 g/mol. The SMILES string of the molecule is N#Cc1ccc2c3c(C#N)cc(C(=O)OCc4ccccc4)c4c(C#N)cc(C#N)c(c5ccc(C(=O)OCc6ccccc6)c1c52)c43. The maximum Gasteiger partial charge on any atom is 0.339 e. The lowest BCUT2D eigenvalue weighted by Crippen LogP contribution is -2.09. The van der Waals surface area contributed by atoms with Crippen molar-refractivity contribution in [1.82, 2.24) is 0 Å². The molecule has 7 rings (SSSR count). The van der Waals surface area contributed by atoms with Crippen molar-refractivity contribution in [3.05, 3.63) is 142 Å². The topological polar surface area (TPSA) is 148 Å². The molecule has 0 fully saturated rings. The molecule has 7 aromatic rings. The second-order valence-electron chi connectivity index (χ2n) is 11.1. The number of hydrogen-bond acceptors (Lipinski definition) is 8. The number of ether oxygens (including phenoxy) is 2. The molecule has 0 atom stereocenters. The Kier molecular flexibility index (Phi) is 7.31. The van der Waals surface area contributed by atoms with Crippen molar-refractivity contribution in [2.24, 2.45) is 0 Å². The van der Waals surface area contributed by atoms with Gasteiger partial charge in [-0.2, -0.15) is 21.0 Å². The van der Waals surface area contributed by atoms with Crippen LogP contribution in [0.15, 0.2) is 97.1 Å². The number of rotatable bonds is 6. The first-order valence-corrected chi connectivity index (χ1v) is 14.8. The number of nitriles is 4. The molecule has 0 bridgehead atoms. The van der Waals surface area contributed by atoms with Gasteiger partial charge in [0, 0.05) is 26.9 Å². The Bertz CT molecular complexity index is 2620. The van der Waals surface area contributed by atoms with Gasteiger partial charge in [-0.15, -0.1) is 0 Å². The van der Waals surface area contributed by atoms with E-state index in [-0.39, 0.29) is 52.0 Å². The molecule has 0 aliphatic rings. The van der Waals surface area contributed by atoms with Gasteiger partial charge in [-0.1, -0.05) is 72.8 Å². The third kappa shape index (κ3) is 4.67. The Morgan fingerprint density at radius 3 is 1.46 bits per heavy atom. The van der Waals surface area contributed by atoms with Gasteiger partial charge in [-0.25, -0.2) is 9.59 Å². The van der Waals surface area contributed by atoms with Crippen LogP contribution >= 0.6 is 0 Å². The number of benzene rings is 7. The van der Waals surface area contributed by atoms with Crippen LogP contribution in [0, 0.1) is 45.3 Å². The van der Waals surface area contributed by atoms with Crippen LogP contribution in [0.1, 0.15) is 54.1 Å². The van der Waals surface area contributed by atoms with Gasteiger partial charge in [0.1, 0.15) is 13.2 Å². The molecule has 224 valence electrons. The van der Waals surface area contributed by atoms with Crippen LogP contribution in [0.25, 0.3) is 43.1 Å². The van der Waals surface area contributed by atoms with Crippen molar-refractivity contribution in [2.75, 3.05) is 0 Å². The third-order valence-corrected chi connectivity index (χ3v) is 8.45. The summed E-state index contributed by atoms with van der Waals surface area (Å²) in [7, 11) is 0. The molecule has 0 aromatic heterocycles. The van der Waals surface area contributed by atoms with Crippen molar-refractivity contribution >= 4 is 55.0 Å². The van der Waals surface area contributed by atoms with E-state index in [1.165, 1.54) is 12.1 Å². The summed E-state index contributed by atoms with van der Waals surface area (Å²) in [4.78, 5) is 27.2. The molecule has 0 saturated carbocycles. The average molecular weight is 621 g/mol. The quantitative estimate of drug-likeness (QED) is 0.103. The minimum absolute atomic E-state index is 0.0120. The maximum absolute atomic E-state index is 13.7. The summed E-state index contributed by atoms with van der Waals surface area (Å²) >= 11 is 0. The summed E-state index contributed by atoms with van der Waals surface area (Å²) in [6, 6.07) is 36.2. The Morgan fingerprint density at radius 1 is 0.458 bits per heavy atom. The summed E-state index contributed by atoms with van der Waals surface area (Å²) in [5.41, 5.74) is 2.21. The molecule has 8 heteroatoms. The highest BCUT2D eigenvalue weighted by Gasteiger charge is 2.28. The van der Waals surface area contributed by atoms with Crippen LogP contribution in [0.4, 0.5) is 0 Å². The van der Waals surface area contributed by atoms with E-state index in [2.05, 4.69) is 24.3 Å². The second kappa shape index (κ2) is 11.9. The molecule has 7 aromatic carbocycles. The number of carbonyl (C=O) groups excluding carboxylic acids is 2. The van der Waals surface area contributed by atoms with Gasteiger partial charge in [-0.05, 0) is 51.6 Å². The van der Waals surface area contributed by atoms with Crippen molar-refractivity contribution in [3.8, 4) is 24.3 Å². The van der Waals surface area contributed by atoms with E-state index in [1.807, 2.05) is 60.7 Å². The Labute approximate surface area is 273 Å². The number of carbonyl (C=O) groups is 2. The van der Waals surface area contributed by atoms with E-state index in [0.29, 0.717) is 37.7 Å². The fourth-order valence-corrected chi connectivity index (χ4v) is 6.40. The molecule has 0 aliphatic heterocycles. The van der Waals surface area contributed by atoms with E-state index in [1.54, 1.807) is 24.3 Å². The molecule has 0 unspecified atom stereocenters. The second-order valence-corrected chi connectivity index (χ2v) is 11.1. The molecule has 0 amide bonds. The fourth-order valence-electron chi connectivity index (χ4n) is 6.40. The summed E-state index contributed by atoms with van der Waals surface area (Å²) < 4.78 is 11.3. The average Bonchev–Trinajstić information content (AvgIpc) is 3.14. The molecule has 0 radical (unpaired) electrons. The molecule has 48 heavy (non-hydrogen) atoms. The largest absolute Gasteiger partial charge is 0.457 e. The van der Waals surface area contributed by atoms with Crippen LogP contribution in [-0.4, -0.2) is 11.9 Å². The first-order valence-electron chi connectivity index (χ1n) is 14.8. The summed E-state index contributed by atoms with van der Waals surface area (Å²) in [6.45, 7) is -0.0120. The van der Waals surface area contributed by atoms with Crippen LogP contribution in [0.2, 0.25) is 0 Å². The van der Waals surface area contributed by atoms with Crippen molar-refractivity contribution in [3.63, 3.8) is 0 Å². The predicted octanol–water partition coefficient (Wildman–Crippen LogP) is 7.94. The Hall–Kier alpha value is -7.26. The zero-order valence-electron chi connectivity index (χ0n) is 25.1. The lowest BCUT2D eigenvalue weighted by Gasteiger charge is -2.20. The molecule has 0 heterocycles. The van der Waals surface area contributed by atoms with Crippen LogP contribution in [0.5, 0.6) is 0 Å². The monoisotopic (exact) mass is 620 g/mol. The van der Waals surface area contributed by atoms with Crippen LogP contribution in [0.3, 0.4) is 0 Å². The van der Waals surface area contributed by atoms with Crippen molar-refractivity contribution < 1.29 is 19.1 Å². The van der Waals surface area contributed by atoms with Crippen LogP contribution in [-0.2, 0) is 22.7 Å². The maximum atomic E-state index is 13.7. The molecule has 0 N–H and O–H groups in total. The van der Waals surface area contributed by atoms with E-state index in [4.69, 9.17) is 9.47 Å². The molecular formula is C40H20N4O4. The van der Waals surface area contributed by atoms with Gasteiger partial charge >= 0.3 is 11.9 Å². The van der Waals surface area contributed by atoms with Gasteiger partial charge in [0.2, 0.25) is 0 Å². The van der Waals surface area contributed by atoms with Gasteiger partial charge in [-0.3, -0.25) is 0 Å². The van der Waals surface area contributed by atoms with E-state index >= 15 is 0 Å². The lowest BCUT2D eigenvalue weighted by atomic mass is 9.81. The van der Waals surface area contributed by atoms with Crippen LogP contribution < -0.4 is 0 Å². The fraction of sp³-hybridized carbons (Fsp3) is 0.0500. The zero-order chi connectivity index (χ0) is 33.4. The van der Waals surface area contributed by atoms with Crippen molar-refractivity contribution in [2.45, 2.75) is 13.2 Å². The third-order valence-electron chi connectivity index (χ3n) is 8.45. The molecule has 8 nitrogen and oxygen atoms in total. The molecule has 0 saturated heterocycles. The van der Waals surface area contributed by atoms with E-state index in [0.717, 1.165) is 11.1 Å². The highest BCUT2D eigenvalue weighted by atomic mass is 16.5. The minimum Gasteiger partial charge on any atom is -0.457 e. The summed E-state index contributed by atoms with van der Waals surface area (Å²) in [5.74, 6) is -1.38. The van der Waals surface area contributed by atoms with E-state index in [9.17, 15) is 30.6 Å². The molecule has 0 aliphatic carbocycles. The number of nitrogens with zero attached hydrogens (tertiary/aromatic N) is 4. The summed E-state index contributed by atoms with van der Waals surface area (Å²) in [5, 5.41) is 44.4. The number of esters is 2. The zero-order valence-corrected chi connectivity index (χ0v) is 25.1.